The van der Waals surface area contributed by atoms with E-state index in [1.807, 2.05) is 0 Å². The number of unbranched alkanes of at least 4 members (excludes halogenated alkanes) is 26. The Morgan fingerprint density at radius 1 is 0.357 bits per heavy atom. The van der Waals surface area contributed by atoms with Crippen molar-refractivity contribution in [3.05, 3.63) is 24.3 Å². The zero-order chi connectivity index (χ0) is 31.5. The molecule has 0 aliphatic rings. The normalized spacial score (nSPS) is 10.7. The van der Waals surface area contributed by atoms with E-state index in [1.165, 1.54) is 154 Å². The Morgan fingerprint density at radius 2 is 0.524 bits per heavy atom. The highest BCUT2D eigenvalue weighted by Crippen LogP contribution is 2.16. The summed E-state index contributed by atoms with van der Waals surface area (Å²) in [5.74, 6) is -1.69. The number of carboxylic acid groups (broad SMARTS) is 2. The van der Waals surface area contributed by atoms with Crippen LogP contribution in [0.4, 0.5) is 0 Å². The molecule has 0 spiro atoms. The zero-order valence-electron chi connectivity index (χ0n) is 28.3. The van der Waals surface area contributed by atoms with Crippen molar-refractivity contribution in [1.82, 2.24) is 0 Å². The maximum Gasteiger partial charge on any atom is 0.330 e. The Labute approximate surface area is 262 Å². The highest BCUT2D eigenvalue weighted by atomic mass is 16.4. The van der Waals surface area contributed by atoms with Crippen LogP contribution in [-0.4, -0.2) is 22.2 Å². The smallest absolute Gasteiger partial charge is 0.330 e. The van der Waals surface area contributed by atoms with Crippen LogP contribution >= 0.6 is 0 Å². The van der Waals surface area contributed by atoms with Crippen LogP contribution in [-0.2, 0) is 9.59 Å². The first-order valence-corrected chi connectivity index (χ1v) is 18.2. The average Bonchev–Trinajstić information content (AvgIpc) is 2.97. The predicted molar refractivity (Wildman–Crippen MR) is 183 cm³/mol. The molecule has 42 heavy (non-hydrogen) atoms. The molecule has 2 N–H and O–H groups in total. The molecular weight excluding hydrogens is 520 g/mol. The van der Waals surface area contributed by atoms with Crippen molar-refractivity contribution in [3.8, 4) is 0 Å². The lowest BCUT2D eigenvalue weighted by molar-refractivity contribution is -0.133. The molecule has 0 aliphatic heterocycles. The molecule has 0 rings (SSSR count). The minimum atomic E-state index is -0.843. The second kappa shape index (κ2) is 35.6. The monoisotopic (exact) mass is 593 g/mol. The van der Waals surface area contributed by atoms with Gasteiger partial charge in [0.1, 0.15) is 0 Å². The fraction of sp³-hybridized carbons (Fsp3) is 0.842. The number of aliphatic carboxylic acids is 2. The van der Waals surface area contributed by atoms with Crippen molar-refractivity contribution in [2.24, 2.45) is 0 Å². The number of carbonyl (C=O) groups is 2. The maximum atomic E-state index is 10.6. The Hall–Kier alpha value is -1.58. The molecule has 248 valence electrons. The molecule has 0 saturated heterocycles. The van der Waals surface area contributed by atoms with Gasteiger partial charge in [-0.05, 0) is 25.7 Å². The summed E-state index contributed by atoms with van der Waals surface area (Å²) >= 11 is 0. The Bertz CT molecular complexity index is 571. The first-order valence-electron chi connectivity index (χ1n) is 18.2. The molecule has 0 heterocycles. The quantitative estimate of drug-likeness (QED) is 0.0602. The van der Waals surface area contributed by atoms with Crippen molar-refractivity contribution in [3.63, 3.8) is 0 Å². The van der Waals surface area contributed by atoms with E-state index in [0.717, 1.165) is 25.7 Å². The summed E-state index contributed by atoms with van der Waals surface area (Å²) in [5.41, 5.74) is 0.711. The lowest BCUT2D eigenvalue weighted by Crippen LogP contribution is -1.98. The summed E-state index contributed by atoms with van der Waals surface area (Å²) in [6, 6.07) is 0. The summed E-state index contributed by atoms with van der Waals surface area (Å²) in [7, 11) is 0. The van der Waals surface area contributed by atoms with Crippen LogP contribution in [0.1, 0.15) is 206 Å². The summed E-state index contributed by atoms with van der Waals surface area (Å²) in [6.45, 7) is 11.6. The first kappa shape index (κ1) is 42.6. The van der Waals surface area contributed by atoms with E-state index in [0.29, 0.717) is 24.0 Å². The molecule has 0 aromatic carbocycles. The van der Waals surface area contributed by atoms with Gasteiger partial charge in [0.15, 0.2) is 0 Å². The minimum absolute atomic E-state index is 0.355. The van der Waals surface area contributed by atoms with E-state index < -0.39 is 11.9 Å². The van der Waals surface area contributed by atoms with Gasteiger partial charge in [-0.2, -0.15) is 0 Å². The standard InChI is InChI=1S/2C19H36O2/c2*1-3-4-5-6-7-8-9-10-11-12-13-14-15-16-17-18(2)19(20)21/h2*2-17H2,1H3,(H,20,21). The second-order valence-electron chi connectivity index (χ2n) is 12.5. The van der Waals surface area contributed by atoms with Gasteiger partial charge in [0.2, 0.25) is 0 Å². The summed E-state index contributed by atoms with van der Waals surface area (Å²) in [5, 5.41) is 17.4. The van der Waals surface area contributed by atoms with Crippen LogP contribution in [0, 0.1) is 0 Å². The van der Waals surface area contributed by atoms with E-state index >= 15 is 0 Å². The Morgan fingerprint density at radius 3 is 0.690 bits per heavy atom. The van der Waals surface area contributed by atoms with E-state index in [2.05, 4.69) is 27.0 Å². The predicted octanol–water partition coefficient (Wildman–Crippen LogP) is 13.0. The molecule has 0 saturated carbocycles. The number of hydrogen-bond donors (Lipinski definition) is 2. The third kappa shape index (κ3) is 36.4. The van der Waals surface area contributed by atoms with Gasteiger partial charge in [0.25, 0.3) is 0 Å². The van der Waals surface area contributed by atoms with Gasteiger partial charge in [-0.15, -0.1) is 0 Å². The van der Waals surface area contributed by atoms with Gasteiger partial charge < -0.3 is 10.2 Å². The van der Waals surface area contributed by atoms with Crippen molar-refractivity contribution < 1.29 is 19.8 Å². The largest absolute Gasteiger partial charge is 0.478 e. The fourth-order valence-electron chi connectivity index (χ4n) is 5.28. The molecular formula is C38H72O4. The number of hydrogen-bond acceptors (Lipinski definition) is 2. The summed E-state index contributed by atoms with van der Waals surface area (Å²) in [6.07, 6.45) is 38.5. The molecule has 0 aromatic rings. The van der Waals surface area contributed by atoms with E-state index in [1.54, 1.807) is 0 Å². The van der Waals surface area contributed by atoms with Gasteiger partial charge in [0.05, 0.1) is 0 Å². The van der Waals surface area contributed by atoms with Crippen molar-refractivity contribution in [1.29, 1.82) is 0 Å². The van der Waals surface area contributed by atoms with Crippen LogP contribution in [0.2, 0.25) is 0 Å². The minimum Gasteiger partial charge on any atom is -0.478 e. The van der Waals surface area contributed by atoms with Gasteiger partial charge in [0, 0.05) is 11.1 Å². The van der Waals surface area contributed by atoms with Crippen molar-refractivity contribution in [2.45, 2.75) is 206 Å². The van der Waals surface area contributed by atoms with Crippen LogP contribution < -0.4 is 0 Å². The molecule has 0 unspecified atom stereocenters. The third-order valence-corrected chi connectivity index (χ3v) is 8.27. The molecule has 0 radical (unpaired) electrons. The molecule has 4 nitrogen and oxygen atoms in total. The molecule has 0 atom stereocenters. The SMILES string of the molecule is C=C(CCCCCCCCCCCCCCCC)C(=O)O.C=C(CCCCCCCCCCCCCCCC)C(=O)O. The number of carboxylic acids is 2. The zero-order valence-corrected chi connectivity index (χ0v) is 28.3. The van der Waals surface area contributed by atoms with Crippen molar-refractivity contribution >= 4 is 11.9 Å². The van der Waals surface area contributed by atoms with E-state index in [4.69, 9.17) is 10.2 Å². The summed E-state index contributed by atoms with van der Waals surface area (Å²) in [4.78, 5) is 21.1. The lowest BCUT2D eigenvalue weighted by Gasteiger charge is -2.03. The van der Waals surface area contributed by atoms with Crippen LogP contribution in [0.3, 0.4) is 0 Å². The average molecular weight is 593 g/mol. The first-order chi connectivity index (χ1) is 20.4. The maximum absolute atomic E-state index is 10.6. The molecule has 0 aromatic heterocycles. The lowest BCUT2D eigenvalue weighted by atomic mass is 10.0. The topological polar surface area (TPSA) is 74.6 Å². The van der Waals surface area contributed by atoms with Crippen LogP contribution in [0.25, 0.3) is 0 Å². The number of rotatable bonds is 32. The molecule has 0 amide bonds. The molecule has 4 heteroatoms. The van der Waals surface area contributed by atoms with Crippen LogP contribution in [0.5, 0.6) is 0 Å². The highest BCUT2D eigenvalue weighted by molar-refractivity contribution is 5.85. The van der Waals surface area contributed by atoms with Gasteiger partial charge in [-0.25, -0.2) is 9.59 Å². The van der Waals surface area contributed by atoms with Gasteiger partial charge >= 0.3 is 11.9 Å². The molecule has 0 fully saturated rings. The van der Waals surface area contributed by atoms with Crippen LogP contribution in [0.15, 0.2) is 24.3 Å². The molecule has 0 bridgehead atoms. The van der Waals surface area contributed by atoms with E-state index in [-0.39, 0.29) is 0 Å². The van der Waals surface area contributed by atoms with Crippen molar-refractivity contribution in [2.75, 3.05) is 0 Å². The fourth-order valence-corrected chi connectivity index (χ4v) is 5.28. The van der Waals surface area contributed by atoms with Gasteiger partial charge in [-0.3, -0.25) is 0 Å². The Balaban J connectivity index is 0. The molecule has 0 aliphatic carbocycles. The second-order valence-corrected chi connectivity index (χ2v) is 12.5. The Kier molecular flexibility index (Phi) is 36.1. The highest BCUT2D eigenvalue weighted by Gasteiger charge is 2.03. The summed E-state index contributed by atoms with van der Waals surface area (Å²) < 4.78 is 0. The van der Waals surface area contributed by atoms with E-state index in [9.17, 15) is 9.59 Å². The third-order valence-electron chi connectivity index (χ3n) is 8.27. The van der Waals surface area contributed by atoms with Gasteiger partial charge in [-0.1, -0.05) is 194 Å².